The highest BCUT2D eigenvalue weighted by molar-refractivity contribution is 7.99. The minimum Gasteiger partial charge on any atom is -0.549 e. The topological polar surface area (TPSA) is 57.2 Å². The minimum absolute atomic E-state index is 0.0797. The van der Waals surface area contributed by atoms with Gasteiger partial charge in [-0.15, -0.1) is 11.8 Å². The lowest BCUT2D eigenvalue weighted by Crippen LogP contribution is -2.35. The van der Waals surface area contributed by atoms with Gasteiger partial charge in [0, 0.05) is 22.8 Å². The molecule has 23 heavy (non-hydrogen) atoms. The van der Waals surface area contributed by atoms with E-state index in [1.54, 1.807) is 24.3 Å². The summed E-state index contributed by atoms with van der Waals surface area (Å²) in [5.41, 5.74) is 2.53. The number of Topliss-reactive ketones (excluding diaryl/α,β-unsaturated/α-hetero) is 1. The number of rotatable bonds is 7. The maximum absolute atomic E-state index is 12.2. The summed E-state index contributed by atoms with van der Waals surface area (Å²) in [6.07, 6.45) is -0.0797. The fraction of sp³-hybridized carbons (Fsp3) is 0.222. The summed E-state index contributed by atoms with van der Waals surface area (Å²) >= 11 is 7.01. The van der Waals surface area contributed by atoms with Gasteiger partial charge in [0.25, 0.3) is 0 Å². The predicted molar refractivity (Wildman–Crippen MR) is 91.7 cm³/mol. The Morgan fingerprint density at radius 2 is 1.70 bits per heavy atom. The van der Waals surface area contributed by atoms with Crippen LogP contribution in [0.2, 0.25) is 5.02 Å². The number of carboxylic acid groups (broad SMARTS) is 1. The van der Waals surface area contributed by atoms with Crippen LogP contribution in [0, 0.1) is 6.92 Å². The van der Waals surface area contributed by atoms with Crippen molar-refractivity contribution in [2.45, 2.75) is 24.3 Å². The summed E-state index contributed by atoms with van der Waals surface area (Å²) < 4.78 is 0. The lowest BCUT2D eigenvalue weighted by molar-refractivity contribution is -0.304. The van der Waals surface area contributed by atoms with Gasteiger partial charge in [-0.2, -0.15) is 0 Å². The van der Waals surface area contributed by atoms with Crippen LogP contribution in [0.4, 0.5) is 0 Å². The maximum atomic E-state index is 12.2. The number of halogens is 1. The maximum Gasteiger partial charge on any atom is 0.164 e. The molecular weight excluding hydrogens is 332 g/mol. The van der Waals surface area contributed by atoms with E-state index < -0.39 is 11.2 Å². The number of carbonyl (C=O) groups is 2. The van der Waals surface area contributed by atoms with Gasteiger partial charge in [-0.05, 0) is 24.6 Å². The van der Waals surface area contributed by atoms with Crippen LogP contribution in [0.15, 0.2) is 48.5 Å². The number of benzene rings is 2. The Bertz CT molecular complexity index is 680. The summed E-state index contributed by atoms with van der Waals surface area (Å²) in [6.45, 7) is 1.93. The van der Waals surface area contributed by atoms with Gasteiger partial charge in [0.1, 0.15) is 0 Å². The molecule has 0 aliphatic heterocycles. The zero-order valence-corrected chi connectivity index (χ0v) is 14.2. The monoisotopic (exact) mass is 347 g/mol. The molecule has 1 atom stereocenters. The summed E-state index contributed by atoms with van der Waals surface area (Å²) in [7, 11) is 0. The Morgan fingerprint density at radius 3 is 2.26 bits per heavy atom. The molecule has 0 amide bonds. The van der Waals surface area contributed by atoms with E-state index in [2.05, 4.69) is 0 Å². The first-order chi connectivity index (χ1) is 11.0. The second-order valence-corrected chi connectivity index (χ2v) is 6.87. The first-order valence-electron chi connectivity index (χ1n) is 7.12. The molecule has 0 aliphatic carbocycles. The normalized spacial score (nSPS) is 11.9. The summed E-state index contributed by atoms with van der Waals surface area (Å²) in [6, 6.07) is 14.3. The molecule has 2 rings (SSSR count). The average Bonchev–Trinajstić information content (AvgIpc) is 2.53. The van der Waals surface area contributed by atoms with Crippen LogP contribution in [-0.2, 0) is 10.5 Å². The number of hydrogen-bond acceptors (Lipinski definition) is 4. The van der Waals surface area contributed by atoms with Crippen LogP contribution in [-0.4, -0.2) is 17.0 Å². The number of thioether (sulfide) groups is 1. The molecule has 2 aromatic rings. The van der Waals surface area contributed by atoms with Crippen molar-refractivity contribution in [1.29, 1.82) is 0 Å². The smallest absolute Gasteiger partial charge is 0.164 e. The molecule has 0 aromatic heterocycles. The molecule has 120 valence electrons. The Hall–Kier alpha value is -1.78. The van der Waals surface area contributed by atoms with Gasteiger partial charge >= 0.3 is 0 Å². The summed E-state index contributed by atoms with van der Waals surface area (Å²) in [4.78, 5) is 23.5. The third kappa shape index (κ3) is 5.41. The van der Waals surface area contributed by atoms with E-state index in [0.717, 1.165) is 11.1 Å². The van der Waals surface area contributed by atoms with Crippen molar-refractivity contribution in [3.63, 3.8) is 0 Å². The molecule has 0 heterocycles. The van der Waals surface area contributed by atoms with Crippen LogP contribution >= 0.6 is 23.4 Å². The molecule has 0 unspecified atom stereocenters. The Labute approximate surface area is 144 Å². The number of ketones is 1. The van der Waals surface area contributed by atoms with Crippen LogP contribution in [0.3, 0.4) is 0 Å². The second-order valence-electron chi connectivity index (χ2n) is 5.24. The van der Waals surface area contributed by atoms with Crippen molar-refractivity contribution in [2.75, 3.05) is 0 Å². The predicted octanol–water partition coefficient (Wildman–Crippen LogP) is 3.27. The molecule has 0 N–H and O–H groups in total. The Morgan fingerprint density at radius 1 is 1.09 bits per heavy atom. The third-order valence-corrected chi connectivity index (χ3v) is 4.89. The number of carboxylic acids is 1. The molecule has 0 bridgehead atoms. The van der Waals surface area contributed by atoms with Crippen molar-refractivity contribution in [3.05, 3.63) is 70.2 Å². The Kier molecular flexibility index (Phi) is 6.25. The van der Waals surface area contributed by atoms with Gasteiger partial charge in [-0.1, -0.05) is 53.6 Å². The van der Waals surface area contributed by atoms with Crippen molar-refractivity contribution in [2.24, 2.45) is 0 Å². The number of hydrogen-bond donors (Lipinski definition) is 0. The zero-order valence-electron chi connectivity index (χ0n) is 12.6. The van der Waals surface area contributed by atoms with Crippen molar-refractivity contribution in [3.8, 4) is 0 Å². The van der Waals surface area contributed by atoms with Crippen molar-refractivity contribution < 1.29 is 14.7 Å². The molecule has 0 fully saturated rings. The largest absolute Gasteiger partial charge is 0.549 e. The van der Waals surface area contributed by atoms with Crippen LogP contribution in [0.25, 0.3) is 0 Å². The molecule has 0 aliphatic rings. The SMILES string of the molecule is Cc1ccc(C(=O)C[C@H](SCc2ccc(Cl)cc2)C(=O)[O-])cc1. The molecule has 0 radical (unpaired) electrons. The standard InChI is InChI=1S/C18H17ClO3S/c1-12-2-6-14(7-3-12)16(20)10-17(18(21)22)23-11-13-4-8-15(19)9-5-13/h2-9,17H,10-11H2,1H3,(H,21,22)/p-1/t17-/m0/s1. The molecule has 0 saturated heterocycles. The highest BCUT2D eigenvalue weighted by Crippen LogP contribution is 2.23. The lowest BCUT2D eigenvalue weighted by Gasteiger charge is -2.17. The minimum atomic E-state index is -1.22. The number of aryl methyl sites for hydroxylation is 1. The van der Waals surface area contributed by atoms with Gasteiger partial charge in [0.2, 0.25) is 0 Å². The fourth-order valence-corrected chi connectivity index (χ4v) is 3.13. The molecular formula is C18H16ClO3S-. The van der Waals surface area contributed by atoms with E-state index in [-0.39, 0.29) is 12.2 Å². The first kappa shape index (κ1) is 17.6. The van der Waals surface area contributed by atoms with E-state index >= 15 is 0 Å². The average molecular weight is 348 g/mol. The molecule has 0 spiro atoms. The van der Waals surface area contributed by atoms with Crippen LogP contribution < -0.4 is 5.11 Å². The molecule has 2 aromatic carbocycles. The highest BCUT2D eigenvalue weighted by Gasteiger charge is 2.17. The number of aliphatic carboxylic acids is 1. The molecule has 0 saturated carbocycles. The van der Waals surface area contributed by atoms with Gasteiger partial charge in [-0.3, -0.25) is 4.79 Å². The van der Waals surface area contributed by atoms with Crippen LogP contribution in [0.1, 0.15) is 27.9 Å². The zero-order chi connectivity index (χ0) is 16.8. The van der Waals surface area contributed by atoms with Crippen molar-refractivity contribution in [1.82, 2.24) is 0 Å². The van der Waals surface area contributed by atoms with Gasteiger partial charge in [-0.25, -0.2) is 0 Å². The second kappa shape index (κ2) is 8.18. The van der Waals surface area contributed by atoms with E-state index in [4.69, 9.17) is 11.6 Å². The van der Waals surface area contributed by atoms with E-state index in [9.17, 15) is 14.7 Å². The summed E-state index contributed by atoms with van der Waals surface area (Å²) in [5.74, 6) is -0.927. The fourth-order valence-electron chi connectivity index (χ4n) is 2.01. The summed E-state index contributed by atoms with van der Waals surface area (Å²) in [5, 5.41) is 11.0. The van der Waals surface area contributed by atoms with Gasteiger partial charge < -0.3 is 9.90 Å². The first-order valence-corrected chi connectivity index (χ1v) is 8.55. The molecule has 3 nitrogen and oxygen atoms in total. The molecule has 5 heteroatoms. The quantitative estimate of drug-likeness (QED) is 0.721. The Balaban J connectivity index is 1.98. The van der Waals surface area contributed by atoms with E-state index in [1.807, 2.05) is 31.2 Å². The highest BCUT2D eigenvalue weighted by atomic mass is 35.5. The van der Waals surface area contributed by atoms with Gasteiger partial charge in [0.05, 0.1) is 11.2 Å². The number of carbonyl (C=O) groups excluding carboxylic acids is 2. The van der Waals surface area contributed by atoms with E-state index in [0.29, 0.717) is 16.3 Å². The van der Waals surface area contributed by atoms with Crippen LogP contribution in [0.5, 0.6) is 0 Å². The third-order valence-electron chi connectivity index (χ3n) is 3.37. The van der Waals surface area contributed by atoms with E-state index in [1.165, 1.54) is 11.8 Å². The van der Waals surface area contributed by atoms with Gasteiger partial charge in [0.15, 0.2) is 5.78 Å². The van der Waals surface area contributed by atoms with Crippen molar-refractivity contribution >= 4 is 35.1 Å². The lowest BCUT2D eigenvalue weighted by atomic mass is 10.1.